The van der Waals surface area contributed by atoms with E-state index in [4.69, 9.17) is 4.74 Å². The van der Waals surface area contributed by atoms with Gasteiger partial charge in [0.2, 0.25) is 0 Å². The lowest BCUT2D eigenvalue weighted by Crippen LogP contribution is -2.51. The summed E-state index contributed by atoms with van der Waals surface area (Å²) < 4.78 is 6.12. The summed E-state index contributed by atoms with van der Waals surface area (Å²) in [6.45, 7) is 1.24. The minimum Gasteiger partial charge on any atom is -0.490 e. The number of nitrogens with one attached hydrogen (secondary N) is 1. The molecule has 160 valence electrons. The normalized spacial score (nSPS) is 23.6. The van der Waals surface area contributed by atoms with Gasteiger partial charge in [0.1, 0.15) is 5.75 Å². The number of nitrogens with zero attached hydrogens (tertiary/aromatic N) is 1. The van der Waals surface area contributed by atoms with Crippen molar-refractivity contribution in [1.82, 2.24) is 4.90 Å². The van der Waals surface area contributed by atoms with Gasteiger partial charge in [-0.15, -0.1) is 0 Å². The van der Waals surface area contributed by atoms with Gasteiger partial charge in [-0.1, -0.05) is 31.7 Å². The van der Waals surface area contributed by atoms with E-state index in [0.29, 0.717) is 38.0 Å². The van der Waals surface area contributed by atoms with Crippen molar-refractivity contribution in [1.29, 1.82) is 0 Å². The second-order valence-electron chi connectivity index (χ2n) is 9.26. The van der Waals surface area contributed by atoms with Crippen molar-refractivity contribution in [2.75, 3.05) is 18.4 Å². The molecule has 0 aromatic heterocycles. The van der Waals surface area contributed by atoms with Crippen molar-refractivity contribution >= 4 is 11.7 Å². The van der Waals surface area contributed by atoms with Gasteiger partial charge < -0.3 is 20.1 Å². The largest absolute Gasteiger partial charge is 0.490 e. The molecular formula is C24H36N2O3. The monoisotopic (exact) mass is 400 g/mol. The van der Waals surface area contributed by atoms with Crippen LogP contribution in [0.5, 0.6) is 5.75 Å². The number of hydrogen-bond acceptors (Lipinski definition) is 3. The van der Waals surface area contributed by atoms with Crippen LogP contribution in [0, 0.1) is 5.92 Å². The van der Waals surface area contributed by atoms with Crippen molar-refractivity contribution < 1.29 is 14.6 Å². The fourth-order valence-electron chi connectivity index (χ4n) is 5.37. The molecule has 4 rings (SSSR count). The van der Waals surface area contributed by atoms with Crippen molar-refractivity contribution in [3.05, 3.63) is 24.3 Å². The Morgan fingerprint density at radius 3 is 2.34 bits per heavy atom. The highest BCUT2D eigenvalue weighted by molar-refractivity contribution is 5.89. The summed E-state index contributed by atoms with van der Waals surface area (Å²) >= 11 is 0. The van der Waals surface area contributed by atoms with Gasteiger partial charge in [-0.3, -0.25) is 0 Å². The molecule has 2 amide bonds. The number of ether oxygens (including phenoxy) is 1. The zero-order chi connectivity index (χ0) is 20.1. The summed E-state index contributed by atoms with van der Waals surface area (Å²) in [6.07, 6.45) is 13.7. The molecule has 0 atom stereocenters. The average Bonchev–Trinajstić information content (AvgIpc) is 2.76. The van der Waals surface area contributed by atoms with Gasteiger partial charge in [-0.2, -0.15) is 0 Å². The molecule has 1 aromatic carbocycles. The van der Waals surface area contributed by atoms with Gasteiger partial charge in [-0.05, 0) is 69.4 Å². The van der Waals surface area contributed by atoms with Crippen molar-refractivity contribution in [3.8, 4) is 5.75 Å². The molecule has 0 radical (unpaired) electrons. The predicted molar refractivity (Wildman–Crippen MR) is 115 cm³/mol. The number of carbonyl (C=O) groups excluding carboxylic acids is 1. The number of urea groups is 1. The van der Waals surface area contributed by atoms with Gasteiger partial charge in [0.25, 0.3) is 0 Å². The highest BCUT2D eigenvalue weighted by atomic mass is 16.5. The van der Waals surface area contributed by atoms with Gasteiger partial charge in [0.15, 0.2) is 0 Å². The first-order valence-corrected chi connectivity index (χ1v) is 11.7. The Morgan fingerprint density at radius 1 is 1.00 bits per heavy atom. The number of piperidine rings is 1. The summed E-state index contributed by atoms with van der Waals surface area (Å²) in [5, 5.41) is 14.1. The number of aliphatic hydroxyl groups is 1. The zero-order valence-electron chi connectivity index (χ0n) is 17.6. The van der Waals surface area contributed by atoms with Crippen LogP contribution in [-0.4, -0.2) is 40.8 Å². The molecule has 1 heterocycles. The Kier molecular flexibility index (Phi) is 6.63. The molecule has 1 aliphatic heterocycles. The second kappa shape index (κ2) is 9.38. The molecule has 5 heteroatoms. The van der Waals surface area contributed by atoms with Gasteiger partial charge in [0.05, 0.1) is 11.7 Å². The van der Waals surface area contributed by atoms with Crippen LogP contribution in [0.25, 0.3) is 0 Å². The van der Waals surface area contributed by atoms with Gasteiger partial charge >= 0.3 is 6.03 Å². The van der Waals surface area contributed by atoms with E-state index in [9.17, 15) is 9.90 Å². The Hall–Kier alpha value is -1.75. The van der Waals surface area contributed by atoms with Crippen LogP contribution >= 0.6 is 0 Å². The molecule has 3 aliphatic rings. The molecule has 0 unspecified atom stereocenters. The van der Waals surface area contributed by atoms with E-state index in [0.717, 1.165) is 37.1 Å². The Labute approximate surface area is 174 Å². The number of benzene rings is 1. The van der Waals surface area contributed by atoms with E-state index in [1.807, 2.05) is 29.2 Å². The van der Waals surface area contributed by atoms with Crippen molar-refractivity contribution in [3.63, 3.8) is 0 Å². The lowest BCUT2D eigenvalue weighted by Gasteiger charge is -2.44. The van der Waals surface area contributed by atoms with Crippen molar-refractivity contribution in [2.24, 2.45) is 5.92 Å². The first-order valence-electron chi connectivity index (χ1n) is 11.7. The highest BCUT2D eigenvalue weighted by Gasteiger charge is 2.40. The topological polar surface area (TPSA) is 61.8 Å². The van der Waals surface area contributed by atoms with E-state index < -0.39 is 5.60 Å². The number of likely N-dealkylation sites (tertiary alicyclic amines) is 1. The SMILES string of the molecule is O=C(Nc1cccc(OC2CCCCC2)c1)N1CCC(O)(C2CCCCC2)CC1. The Bertz CT molecular complexity index is 672. The summed E-state index contributed by atoms with van der Waals surface area (Å²) in [5.41, 5.74) is 0.196. The molecule has 2 aliphatic carbocycles. The highest BCUT2D eigenvalue weighted by Crippen LogP contribution is 2.39. The maximum absolute atomic E-state index is 12.7. The van der Waals surface area contributed by atoms with Crippen LogP contribution in [0.3, 0.4) is 0 Å². The maximum atomic E-state index is 12.7. The number of anilines is 1. The summed E-state index contributed by atoms with van der Waals surface area (Å²) in [5.74, 6) is 1.25. The second-order valence-corrected chi connectivity index (χ2v) is 9.26. The van der Waals surface area contributed by atoms with E-state index in [-0.39, 0.29) is 6.03 Å². The quantitative estimate of drug-likeness (QED) is 0.717. The molecule has 1 saturated heterocycles. The standard InChI is InChI=1S/C24H36N2O3/c27-23(26-16-14-24(28,15-17-26)19-8-3-1-4-9-19)25-20-10-7-13-22(18-20)29-21-11-5-2-6-12-21/h7,10,13,18-19,21,28H,1-6,8-9,11-12,14-17H2,(H,25,27). The molecule has 3 fully saturated rings. The van der Waals surface area contributed by atoms with Crippen LogP contribution < -0.4 is 10.1 Å². The van der Waals surface area contributed by atoms with Gasteiger partial charge in [-0.25, -0.2) is 4.79 Å². The fraction of sp³-hybridized carbons (Fsp3) is 0.708. The third-order valence-corrected chi connectivity index (χ3v) is 7.22. The minimum atomic E-state index is -0.578. The Balaban J connectivity index is 1.29. The van der Waals surface area contributed by atoms with Crippen molar-refractivity contribution in [2.45, 2.75) is 88.8 Å². The van der Waals surface area contributed by atoms with E-state index >= 15 is 0 Å². The molecule has 2 saturated carbocycles. The third kappa shape index (κ3) is 5.25. The molecule has 0 spiro atoms. The lowest BCUT2D eigenvalue weighted by atomic mass is 9.72. The molecule has 5 nitrogen and oxygen atoms in total. The summed E-state index contributed by atoms with van der Waals surface area (Å²) in [4.78, 5) is 14.6. The summed E-state index contributed by atoms with van der Waals surface area (Å²) in [6, 6.07) is 7.66. The predicted octanol–water partition coefficient (Wildman–Crippen LogP) is 5.34. The van der Waals surface area contributed by atoms with Crippen LogP contribution in [0.2, 0.25) is 0 Å². The number of hydrogen-bond donors (Lipinski definition) is 2. The van der Waals surface area contributed by atoms with E-state index in [1.54, 1.807) is 0 Å². The first kappa shape index (κ1) is 20.5. The number of rotatable bonds is 4. The van der Waals surface area contributed by atoms with Crippen LogP contribution in [0.1, 0.15) is 77.0 Å². The molecule has 29 heavy (non-hydrogen) atoms. The lowest BCUT2D eigenvalue weighted by molar-refractivity contribution is -0.0702. The van der Waals surface area contributed by atoms with Crippen LogP contribution in [0.15, 0.2) is 24.3 Å². The average molecular weight is 401 g/mol. The maximum Gasteiger partial charge on any atom is 0.321 e. The third-order valence-electron chi connectivity index (χ3n) is 7.22. The number of amides is 2. The van der Waals surface area contributed by atoms with Crippen LogP contribution in [-0.2, 0) is 0 Å². The minimum absolute atomic E-state index is 0.0782. The van der Waals surface area contributed by atoms with Crippen LogP contribution in [0.4, 0.5) is 10.5 Å². The molecule has 1 aromatic rings. The molecule has 0 bridgehead atoms. The molecule has 2 N–H and O–H groups in total. The fourth-order valence-corrected chi connectivity index (χ4v) is 5.37. The first-order chi connectivity index (χ1) is 14.1. The van der Waals surface area contributed by atoms with E-state index in [2.05, 4.69) is 5.32 Å². The summed E-state index contributed by atoms with van der Waals surface area (Å²) in [7, 11) is 0. The van der Waals surface area contributed by atoms with Gasteiger partial charge in [0, 0.05) is 24.8 Å². The number of carbonyl (C=O) groups is 1. The Morgan fingerprint density at radius 2 is 1.66 bits per heavy atom. The van der Waals surface area contributed by atoms with E-state index in [1.165, 1.54) is 38.5 Å². The molecular weight excluding hydrogens is 364 g/mol. The smallest absolute Gasteiger partial charge is 0.321 e. The zero-order valence-corrected chi connectivity index (χ0v) is 17.6.